The second-order valence-electron chi connectivity index (χ2n) is 5.03. The van der Waals surface area contributed by atoms with Gasteiger partial charge < -0.3 is 4.90 Å². The van der Waals surface area contributed by atoms with E-state index in [-0.39, 0.29) is 0 Å². The van der Waals surface area contributed by atoms with Crippen LogP contribution in [0.2, 0.25) is 0 Å². The summed E-state index contributed by atoms with van der Waals surface area (Å²) in [6.45, 7) is 3.70. The van der Waals surface area contributed by atoms with Gasteiger partial charge in [0, 0.05) is 19.6 Å². The van der Waals surface area contributed by atoms with Crippen molar-refractivity contribution >= 4 is 0 Å². The topological polar surface area (TPSA) is 27.0 Å². The van der Waals surface area contributed by atoms with Gasteiger partial charge in [-0.05, 0) is 36.3 Å². The minimum Gasteiger partial charge on any atom is -0.302 e. The van der Waals surface area contributed by atoms with Gasteiger partial charge in [0.2, 0.25) is 0 Å². The molecule has 1 saturated heterocycles. The normalized spacial score (nSPS) is 27.4. The number of nitrogens with zero attached hydrogens (tertiary/aromatic N) is 2. The zero-order chi connectivity index (χ0) is 11.0. The molecule has 1 heterocycles. The van der Waals surface area contributed by atoms with Crippen LogP contribution in [-0.2, 0) is 6.42 Å². The van der Waals surface area contributed by atoms with Gasteiger partial charge in [0.15, 0.2) is 0 Å². The van der Waals surface area contributed by atoms with E-state index < -0.39 is 0 Å². The summed E-state index contributed by atoms with van der Waals surface area (Å²) in [7, 11) is 0. The molecule has 1 aromatic carbocycles. The molecular formula is C14H16N2. The third-order valence-electron chi connectivity index (χ3n) is 3.89. The molecule has 1 aromatic rings. The van der Waals surface area contributed by atoms with Crippen molar-refractivity contribution in [3.63, 3.8) is 0 Å². The fourth-order valence-corrected chi connectivity index (χ4v) is 2.80. The summed E-state index contributed by atoms with van der Waals surface area (Å²) in [6.07, 6.45) is 2.48. The number of hydrogen-bond acceptors (Lipinski definition) is 2. The number of likely N-dealkylation sites (tertiary alicyclic amines) is 1. The van der Waals surface area contributed by atoms with Crippen molar-refractivity contribution in [3.8, 4) is 6.07 Å². The molecular weight excluding hydrogens is 196 g/mol. The van der Waals surface area contributed by atoms with E-state index in [0.717, 1.165) is 30.4 Å². The Bertz CT molecular complexity index is 423. The number of fused-ring (bicyclic) bond motifs is 1. The summed E-state index contributed by atoms with van der Waals surface area (Å²) in [5.41, 5.74) is 2.04. The van der Waals surface area contributed by atoms with Crippen LogP contribution >= 0.6 is 0 Å². The van der Waals surface area contributed by atoms with Crippen LogP contribution in [0.1, 0.15) is 17.5 Å². The number of hydrogen-bond donors (Lipinski definition) is 0. The number of piperidine rings is 1. The molecule has 2 unspecified atom stereocenters. The molecule has 1 aliphatic carbocycles. The highest BCUT2D eigenvalue weighted by Gasteiger charge is 2.44. The van der Waals surface area contributed by atoms with Crippen LogP contribution in [0, 0.1) is 23.2 Å². The van der Waals surface area contributed by atoms with Crippen molar-refractivity contribution in [1.82, 2.24) is 4.90 Å². The molecule has 2 atom stereocenters. The lowest BCUT2D eigenvalue weighted by molar-refractivity contribution is 0.309. The molecule has 82 valence electrons. The van der Waals surface area contributed by atoms with Gasteiger partial charge in [0.1, 0.15) is 0 Å². The van der Waals surface area contributed by atoms with E-state index in [4.69, 9.17) is 5.26 Å². The second kappa shape index (κ2) is 3.92. The highest BCUT2D eigenvalue weighted by molar-refractivity contribution is 5.37. The maximum atomic E-state index is 9.00. The molecule has 3 rings (SSSR count). The smallest absolute Gasteiger partial charge is 0.0994 e. The standard InChI is InChI=1S/C14H16N2/c15-8-12-4-2-1-3-11(12)5-6-16-9-13-7-14(13)10-16/h1-4,13-14H,5-7,9-10H2. The average Bonchev–Trinajstić information content (AvgIpc) is 2.94. The minimum atomic E-state index is 0.840. The van der Waals surface area contributed by atoms with Crippen LogP contribution in [0.15, 0.2) is 24.3 Å². The molecule has 1 saturated carbocycles. The summed E-state index contributed by atoms with van der Waals surface area (Å²) in [5, 5.41) is 9.00. The zero-order valence-electron chi connectivity index (χ0n) is 9.39. The van der Waals surface area contributed by atoms with Crippen molar-refractivity contribution in [2.75, 3.05) is 19.6 Å². The first-order valence-electron chi connectivity index (χ1n) is 6.07. The second-order valence-corrected chi connectivity index (χ2v) is 5.03. The van der Waals surface area contributed by atoms with Crippen LogP contribution in [0.25, 0.3) is 0 Å². The molecule has 2 fully saturated rings. The number of nitriles is 1. The first-order chi connectivity index (χ1) is 7.86. The van der Waals surface area contributed by atoms with E-state index in [0.29, 0.717) is 0 Å². The maximum Gasteiger partial charge on any atom is 0.0994 e. The minimum absolute atomic E-state index is 0.840. The van der Waals surface area contributed by atoms with Gasteiger partial charge >= 0.3 is 0 Å². The van der Waals surface area contributed by atoms with Crippen molar-refractivity contribution in [2.45, 2.75) is 12.8 Å². The monoisotopic (exact) mass is 212 g/mol. The van der Waals surface area contributed by atoms with E-state index >= 15 is 0 Å². The summed E-state index contributed by atoms with van der Waals surface area (Å²) in [6, 6.07) is 10.2. The van der Waals surface area contributed by atoms with Gasteiger partial charge in [-0.1, -0.05) is 18.2 Å². The first-order valence-corrected chi connectivity index (χ1v) is 6.07. The Morgan fingerprint density at radius 1 is 1.25 bits per heavy atom. The van der Waals surface area contributed by atoms with Crippen LogP contribution < -0.4 is 0 Å². The largest absolute Gasteiger partial charge is 0.302 e. The van der Waals surface area contributed by atoms with Crippen LogP contribution in [0.5, 0.6) is 0 Å². The Hall–Kier alpha value is -1.33. The van der Waals surface area contributed by atoms with E-state index in [2.05, 4.69) is 17.0 Å². The predicted octanol–water partition coefficient (Wildman–Crippen LogP) is 2.05. The Morgan fingerprint density at radius 3 is 2.75 bits per heavy atom. The Kier molecular flexibility index (Phi) is 2.41. The quantitative estimate of drug-likeness (QED) is 0.766. The zero-order valence-corrected chi connectivity index (χ0v) is 9.39. The van der Waals surface area contributed by atoms with Crippen molar-refractivity contribution in [2.24, 2.45) is 11.8 Å². The Balaban J connectivity index is 1.60. The summed E-state index contributed by atoms with van der Waals surface area (Å²) in [5.74, 6) is 2.01. The van der Waals surface area contributed by atoms with Crippen LogP contribution in [-0.4, -0.2) is 24.5 Å². The molecule has 0 bridgehead atoms. The van der Waals surface area contributed by atoms with Crippen LogP contribution in [0.4, 0.5) is 0 Å². The molecule has 2 heteroatoms. The lowest BCUT2D eigenvalue weighted by Gasteiger charge is -2.17. The highest BCUT2D eigenvalue weighted by atomic mass is 15.2. The number of benzene rings is 1. The molecule has 16 heavy (non-hydrogen) atoms. The van der Waals surface area contributed by atoms with Crippen molar-refractivity contribution in [3.05, 3.63) is 35.4 Å². The van der Waals surface area contributed by atoms with Gasteiger partial charge in [0.05, 0.1) is 11.6 Å². The average molecular weight is 212 g/mol. The van der Waals surface area contributed by atoms with E-state index in [1.807, 2.05) is 18.2 Å². The van der Waals surface area contributed by atoms with Gasteiger partial charge in [-0.2, -0.15) is 5.26 Å². The lowest BCUT2D eigenvalue weighted by Crippen LogP contribution is -2.25. The van der Waals surface area contributed by atoms with Gasteiger partial charge in [-0.25, -0.2) is 0 Å². The predicted molar refractivity (Wildman–Crippen MR) is 62.9 cm³/mol. The third kappa shape index (κ3) is 1.83. The molecule has 2 aliphatic rings. The number of rotatable bonds is 3. The summed E-state index contributed by atoms with van der Waals surface area (Å²) in [4.78, 5) is 2.55. The molecule has 1 aliphatic heterocycles. The first kappa shape index (κ1) is 9.86. The van der Waals surface area contributed by atoms with Gasteiger partial charge in [0.25, 0.3) is 0 Å². The highest BCUT2D eigenvalue weighted by Crippen LogP contribution is 2.44. The van der Waals surface area contributed by atoms with Crippen molar-refractivity contribution in [1.29, 1.82) is 5.26 Å². The molecule has 2 nitrogen and oxygen atoms in total. The molecule has 0 amide bonds. The van der Waals surface area contributed by atoms with E-state index in [1.165, 1.54) is 25.1 Å². The molecule has 0 aromatic heterocycles. The molecule has 0 radical (unpaired) electrons. The summed E-state index contributed by atoms with van der Waals surface area (Å²) < 4.78 is 0. The molecule has 0 spiro atoms. The van der Waals surface area contributed by atoms with Crippen molar-refractivity contribution < 1.29 is 0 Å². The Morgan fingerprint density at radius 2 is 2.00 bits per heavy atom. The van der Waals surface area contributed by atoms with Crippen LogP contribution in [0.3, 0.4) is 0 Å². The third-order valence-corrected chi connectivity index (χ3v) is 3.89. The van der Waals surface area contributed by atoms with Gasteiger partial charge in [-0.3, -0.25) is 0 Å². The fraction of sp³-hybridized carbons (Fsp3) is 0.500. The Labute approximate surface area is 96.5 Å². The lowest BCUT2D eigenvalue weighted by atomic mass is 10.1. The maximum absolute atomic E-state index is 9.00. The summed E-state index contributed by atoms with van der Waals surface area (Å²) >= 11 is 0. The van der Waals surface area contributed by atoms with Gasteiger partial charge in [-0.15, -0.1) is 0 Å². The van der Waals surface area contributed by atoms with E-state index in [9.17, 15) is 0 Å². The molecule has 0 N–H and O–H groups in total. The fourth-order valence-electron chi connectivity index (χ4n) is 2.80. The SMILES string of the molecule is N#Cc1ccccc1CCN1CC2CC2C1. The van der Waals surface area contributed by atoms with E-state index in [1.54, 1.807) is 0 Å².